The van der Waals surface area contributed by atoms with Crippen LogP contribution >= 0.6 is 34.9 Å². The predicted octanol–water partition coefficient (Wildman–Crippen LogP) is 7.26. The van der Waals surface area contributed by atoms with Gasteiger partial charge in [-0.15, -0.1) is 23.1 Å². The van der Waals surface area contributed by atoms with Crippen molar-refractivity contribution in [2.75, 3.05) is 6.26 Å². The van der Waals surface area contributed by atoms with E-state index in [4.69, 9.17) is 0 Å². The topological polar surface area (TPSA) is 12.9 Å². The van der Waals surface area contributed by atoms with Gasteiger partial charge >= 0.3 is 6.18 Å². The minimum atomic E-state index is -4.32. The number of aryl methyl sites for hydroxylation is 1. The van der Waals surface area contributed by atoms with E-state index >= 15 is 0 Å². The third-order valence-electron chi connectivity index (χ3n) is 3.71. The first-order chi connectivity index (χ1) is 12.4. The molecular formula is C19H16F3NS3. The molecule has 1 heterocycles. The van der Waals surface area contributed by atoms with E-state index in [1.807, 2.05) is 24.6 Å². The van der Waals surface area contributed by atoms with E-state index in [9.17, 15) is 13.2 Å². The van der Waals surface area contributed by atoms with Crippen LogP contribution in [0.5, 0.6) is 0 Å². The first kappa shape index (κ1) is 19.3. The second-order valence-electron chi connectivity index (χ2n) is 5.50. The molecule has 1 aromatic heterocycles. The van der Waals surface area contributed by atoms with Crippen molar-refractivity contribution in [1.29, 1.82) is 0 Å². The highest BCUT2D eigenvalue weighted by atomic mass is 32.2. The molecule has 0 unspecified atom stereocenters. The molecule has 0 bridgehead atoms. The molecule has 0 aliphatic heterocycles. The van der Waals surface area contributed by atoms with Crippen molar-refractivity contribution in [2.24, 2.45) is 0 Å². The van der Waals surface area contributed by atoms with E-state index in [1.165, 1.54) is 12.1 Å². The van der Waals surface area contributed by atoms with Crippen LogP contribution in [0.2, 0.25) is 0 Å². The molecular weight excluding hydrogens is 395 g/mol. The molecule has 0 amide bonds. The molecule has 0 fully saturated rings. The van der Waals surface area contributed by atoms with E-state index in [2.05, 4.69) is 18.0 Å². The van der Waals surface area contributed by atoms with Gasteiger partial charge in [0.25, 0.3) is 0 Å². The van der Waals surface area contributed by atoms with Gasteiger partial charge in [0, 0.05) is 9.79 Å². The number of aromatic nitrogens is 1. The summed E-state index contributed by atoms with van der Waals surface area (Å²) < 4.78 is 39.4. The summed E-state index contributed by atoms with van der Waals surface area (Å²) in [6, 6.07) is 11.4. The Balaban J connectivity index is 1.92. The minimum Gasteiger partial charge on any atom is -0.248 e. The Bertz CT molecular complexity index is 886. The van der Waals surface area contributed by atoms with Crippen LogP contribution in [0, 0.1) is 0 Å². The van der Waals surface area contributed by atoms with Crippen LogP contribution in [0.1, 0.15) is 17.5 Å². The maximum atomic E-state index is 12.8. The minimum absolute atomic E-state index is 0.631. The Morgan fingerprint density at radius 3 is 2.27 bits per heavy atom. The van der Waals surface area contributed by atoms with Crippen molar-refractivity contribution in [1.82, 2.24) is 4.98 Å². The van der Waals surface area contributed by atoms with Crippen LogP contribution in [0.3, 0.4) is 0 Å². The van der Waals surface area contributed by atoms with Crippen molar-refractivity contribution >= 4 is 34.9 Å². The van der Waals surface area contributed by atoms with Gasteiger partial charge in [0.1, 0.15) is 0 Å². The lowest BCUT2D eigenvalue weighted by Crippen LogP contribution is -2.03. The summed E-state index contributed by atoms with van der Waals surface area (Å²) in [5, 5.41) is 1.09. The quantitative estimate of drug-likeness (QED) is 0.410. The molecule has 0 radical (unpaired) electrons. The molecule has 2 aromatic carbocycles. The first-order valence-corrected chi connectivity index (χ1v) is 10.7. The number of thiazole rings is 1. The highest BCUT2D eigenvalue weighted by Crippen LogP contribution is 2.37. The highest BCUT2D eigenvalue weighted by molar-refractivity contribution is 8.01. The van der Waals surface area contributed by atoms with Crippen molar-refractivity contribution in [2.45, 2.75) is 33.5 Å². The molecule has 1 nitrogen and oxygen atoms in total. The molecule has 0 aliphatic carbocycles. The number of hydrogen-bond donors (Lipinski definition) is 0. The second kappa shape index (κ2) is 8.06. The smallest absolute Gasteiger partial charge is 0.248 e. The Hall–Kier alpha value is -1.44. The summed E-state index contributed by atoms with van der Waals surface area (Å²) >= 11 is 4.91. The standard InChI is InChI=1S/C19H16F3NS3/c1-3-17-23-11-18(26-17)25-16-9-13(8-15(10-16)24-2)12-4-6-14(7-5-12)19(20,21)22/h4-11H,3H2,1-2H3. The van der Waals surface area contributed by atoms with Crippen LogP contribution in [-0.4, -0.2) is 11.2 Å². The van der Waals surface area contributed by atoms with Crippen molar-refractivity contribution in [3.63, 3.8) is 0 Å². The average Bonchev–Trinajstić information content (AvgIpc) is 3.08. The number of hydrogen-bond acceptors (Lipinski definition) is 4. The number of benzene rings is 2. The van der Waals surface area contributed by atoms with Crippen LogP contribution in [0.4, 0.5) is 13.2 Å². The number of nitrogens with zero attached hydrogens (tertiary/aromatic N) is 1. The monoisotopic (exact) mass is 411 g/mol. The van der Waals surface area contributed by atoms with E-state index in [-0.39, 0.29) is 0 Å². The van der Waals surface area contributed by atoms with Crippen molar-refractivity contribution in [3.8, 4) is 11.1 Å². The molecule has 0 aliphatic rings. The van der Waals surface area contributed by atoms with E-state index in [1.54, 1.807) is 34.9 Å². The highest BCUT2D eigenvalue weighted by Gasteiger charge is 2.29. The van der Waals surface area contributed by atoms with Gasteiger partial charge in [-0.25, -0.2) is 4.98 Å². The Morgan fingerprint density at radius 2 is 1.69 bits per heavy atom. The molecule has 136 valence electrons. The van der Waals surface area contributed by atoms with Gasteiger partial charge in [0.2, 0.25) is 0 Å². The maximum absolute atomic E-state index is 12.8. The molecule has 3 aromatic rings. The molecule has 3 rings (SSSR count). The van der Waals surface area contributed by atoms with Gasteiger partial charge in [-0.1, -0.05) is 30.8 Å². The molecule has 0 N–H and O–H groups in total. The summed E-state index contributed by atoms with van der Waals surface area (Å²) in [5.41, 5.74) is 1.05. The zero-order chi connectivity index (χ0) is 18.7. The molecule has 7 heteroatoms. The average molecular weight is 412 g/mol. The van der Waals surface area contributed by atoms with Gasteiger partial charge in [0.15, 0.2) is 0 Å². The van der Waals surface area contributed by atoms with Crippen LogP contribution in [0.25, 0.3) is 11.1 Å². The van der Waals surface area contributed by atoms with Crippen molar-refractivity contribution < 1.29 is 13.2 Å². The molecule has 0 saturated carbocycles. The van der Waals surface area contributed by atoms with E-state index in [0.29, 0.717) is 0 Å². The lowest BCUT2D eigenvalue weighted by molar-refractivity contribution is -0.137. The zero-order valence-electron chi connectivity index (χ0n) is 14.1. The largest absolute Gasteiger partial charge is 0.416 e. The maximum Gasteiger partial charge on any atom is 0.416 e. The van der Waals surface area contributed by atoms with Gasteiger partial charge in [0.05, 0.1) is 21.0 Å². The fraction of sp³-hybridized carbons (Fsp3) is 0.211. The zero-order valence-corrected chi connectivity index (χ0v) is 16.6. The summed E-state index contributed by atoms with van der Waals surface area (Å²) in [4.78, 5) is 6.50. The third kappa shape index (κ3) is 4.64. The Kier molecular flexibility index (Phi) is 5.99. The SMILES string of the molecule is CCc1ncc(Sc2cc(SC)cc(-c3ccc(C(F)(F)F)cc3)c2)s1. The number of halogens is 3. The number of rotatable bonds is 5. The van der Waals surface area contributed by atoms with E-state index < -0.39 is 11.7 Å². The first-order valence-electron chi connectivity index (χ1n) is 7.88. The van der Waals surface area contributed by atoms with Crippen LogP contribution < -0.4 is 0 Å². The lowest BCUT2D eigenvalue weighted by Gasteiger charge is -2.10. The molecule has 0 atom stereocenters. The molecule has 0 saturated heterocycles. The summed E-state index contributed by atoms with van der Waals surface area (Å²) in [5.74, 6) is 0. The van der Waals surface area contributed by atoms with Gasteiger partial charge in [-0.3, -0.25) is 0 Å². The molecule has 26 heavy (non-hydrogen) atoms. The van der Waals surface area contributed by atoms with Gasteiger partial charge in [-0.2, -0.15) is 13.2 Å². The lowest BCUT2D eigenvalue weighted by atomic mass is 10.0. The van der Waals surface area contributed by atoms with E-state index in [0.717, 1.165) is 48.7 Å². The van der Waals surface area contributed by atoms with Gasteiger partial charge in [-0.05, 0) is 54.1 Å². The fourth-order valence-electron chi connectivity index (χ4n) is 2.39. The van der Waals surface area contributed by atoms with Crippen LogP contribution in [-0.2, 0) is 12.6 Å². The second-order valence-corrected chi connectivity index (χ2v) is 8.87. The molecule has 0 spiro atoms. The summed E-state index contributed by atoms with van der Waals surface area (Å²) in [7, 11) is 0. The Morgan fingerprint density at radius 1 is 1.00 bits per heavy atom. The fourth-order valence-corrected chi connectivity index (χ4v) is 4.99. The third-order valence-corrected chi connectivity index (χ3v) is 6.64. The normalized spacial score (nSPS) is 11.7. The number of alkyl halides is 3. The number of thioether (sulfide) groups is 1. The summed E-state index contributed by atoms with van der Waals surface area (Å²) in [6.45, 7) is 2.07. The summed E-state index contributed by atoms with van der Waals surface area (Å²) in [6.07, 6.45) is 0.455. The van der Waals surface area contributed by atoms with Gasteiger partial charge < -0.3 is 0 Å². The van der Waals surface area contributed by atoms with Crippen LogP contribution in [0.15, 0.2) is 62.7 Å². The Labute approximate surface area is 163 Å². The van der Waals surface area contributed by atoms with Crippen molar-refractivity contribution in [3.05, 3.63) is 59.2 Å². The predicted molar refractivity (Wildman–Crippen MR) is 104 cm³/mol.